The summed E-state index contributed by atoms with van der Waals surface area (Å²) in [5.41, 5.74) is -0.785. The highest BCUT2D eigenvalue weighted by Gasteiger charge is 2.32. The van der Waals surface area contributed by atoms with E-state index in [-0.39, 0.29) is 0 Å². The average molecular weight is 299 g/mol. The molecule has 2 atom stereocenters. The maximum atomic E-state index is 11.4. The van der Waals surface area contributed by atoms with Crippen molar-refractivity contribution >= 4 is 5.97 Å². The molecule has 0 radical (unpaired) electrons. The first-order valence-electron chi connectivity index (χ1n) is 8.41. The van der Waals surface area contributed by atoms with Gasteiger partial charge in [0.2, 0.25) is 0 Å². The molecule has 1 rings (SSSR count). The van der Waals surface area contributed by atoms with Gasteiger partial charge in [0.05, 0.1) is 0 Å². The molecule has 0 saturated carbocycles. The number of rotatable bonds is 10. The van der Waals surface area contributed by atoms with Crippen molar-refractivity contribution in [1.82, 2.24) is 15.1 Å². The van der Waals surface area contributed by atoms with E-state index in [1.807, 2.05) is 6.92 Å². The van der Waals surface area contributed by atoms with Gasteiger partial charge in [0.1, 0.15) is 5.54 Å². The second-order valence-corrected chi connectivity index (χ2v) is 6.24. The summed E-state index contributed by atoms with van der Waals surface area (Å²) in [6, 6.07) is 0.680. The number of carbonyl (C=O) groups is 1. The van der Waals surface area contributed by atoms with Crippen LogP contribution in [0.5, 0.6) is 0 Å². The quantitative estimate of drug-likeness (QED) is 0.642. The molecule has 0 aromatic heterocycles. The molecule has 1 saturated heterocycles. The van der Waals surface area contributed by atoms with E-state index in [0.717, 1.165) is 39.1 Å². The van der Waals surface area contributed by atoms with Gasteiger partial charge in [0.25, 0.3) is 0 Å². The Bertz CT molecular complexity index is 321. The number of likely N-dealkylation sites (tertiary alicyclic amines) is 1. The molecule has 5 nitrogen and oxygen atoms in total. The summed E-state index contributed by atoms with van der Waals surface area (Å²) >= 11 is 0. The highest BCUT2D eigenvalue weighted by Crippen LogP contribution is 2.18. The lowest BCUT2D eigenvalue weighted by molar-refractivity contribution is -0.144. The van der Waals surface area contributed by atoms with Crippen molar-refractivity contribution < 1.29 is 9.90 Å². The third kappa shape index (κ3) is 5.24. The maximum absolute atomic E-state index is 11.4. The zero-order valence-corrected chi connectivity index (χ0v) is 14.2. The maximum Gasteiger partial charge on any atom is 0.323 e. The van der Waals surface area contributed by atoms with Gasteiger partial charge in [-0.1, -0.05) is 20.8 Å². The zero-order valence-electron chi connectivity index (χ0n) is 14.2. The molecule has 1 heterocycles. The number of hydrogen-bond acceptors (Lipinski definition) is 4. The standard InChI is InChI=1S/C16H33N3O2/c1-5-17-16(4,15(20)21)10-8-11-18-12-9-14(13-18)19(6-2)7-3/h14,17H,5-13H2,1-4H3,(H,20,21). The summed E-state index contributed by atoms with van der Waals surface area (Å²) in [5.74, 6) is -0.744. The van der Waals surface area contributed by atoms with Gasteiger partial charge in [0.15, 0.2) is 0 Å². The Morgan fingerprint density at radius 2 is 2.05 bits per heavy atom. The van der Waals surface area contributed by atoms with E-state index in [1.54, 1.807) is 6.92 Å². The summed E-state index contributed by atoms with van der Waals surface area (Å²) in [6.07, 6.45) is 2.86. The van der Waals surface area contributed by atoms with Gasteiger partial charge in [-0.15, -0.1) is 0 Å². The Labute approximate surface area is 129 Å². The van der Waals surface area contributed by atoms with Crippen LogP contribution in [-0.2, 0) is 4.79 Å². The fourth-order valence-electron chi connectivity index (χ4n) is 3.37. The molecule has 1 aliphatic rings. The molecule has 0 spiro atoms. The van der Waals surface area contributed by atoms with E-state index in [9.17, 15) is 9.90 Å². The Kier molecular flexibility index (Phi) is 7.63. The predicted octanol–water partition coefficient (Wildman–Crippen LogP) is 1.64. The van der Waals surface area contributed by atoms with Crippen LogP contribution in [0.25, 0.3) is 0 Å². The molecule has 0 amide bonds. The third-order valence-electron chi connectivity index (χ3n) is 4.77. The number of carboxylic acid groups (broad SMARTS) is 1. The number of aliphatic carboxylic acids is 1. The highest BCUT2D eigenvalue weighted by molar-refractivity contribution is 5.78. The Balaban J connectivity index is 2.35. The molecule has 5 heteroatoms. The topological polar surface area (TPSA) is 55.8 Å². The Morgan fingerprint density at radius 1 is 1.38 bits per heavy atom. The first-order chi connectivity index (χ1) is 9.96. The van der Waals surface area contributed by atoms with Crippen LogP contribution >= 0.6 is 0 Å². The van der Waals surface area contributed by atoms with Crippen LogP contribution in [0.2, 0.25) is 0 Å². The van der Waals surface area contributed by atoms with Crippen molar-refractivity contribution in [3.05, 3.63) is 0 Å². The van der Waals surface area contributed by atoms with E-state index in [1.165, 1.54) is 6.42 Å². The lowest BCUT2D eigenvalue weighted by Crippen LogP contribution is -2.49. The van der Waals surface area contributed by atoms with Crippen molar-refractivity contribution in [1.29, 1.82) is 0 Å². The number of carboxylic acids is 1. The highest BCUT2D eigenvalue weighted by atomic mass is 16.4. The monoisotopic (exact) mass is 299 g/mol. The minimum absolute atomic E-state index is 0.680. The summed E-state index contributed by atoms with van der Waals surface area (Å²) in [5, 5.41) is 12.5. The van der Waals surface area contributed by atoms with Crippen LogP contribution in [0.15, 0.2) is 0 Å². The van der Waals surface area contributed by atoms with E-state index in [0.29, 0.717) is 19.0 Å². The largest absolute Gasteiger partial charge is 0.480 e. The summed E-state index contributed by atoms with van der Waals surface area (Å²) in [7, 11) is 0. The van der Waals surface area contributed by atoms with E-state index in [2.05, 4.69) is 29.0 Å². The minimum atomic E-state index is -0.785. The molecule has 2 N–H and O–H groups in total. The lowest BCUT2D eigenvalue weighted by Gasteiger charge is -2.28. The van der Waals surface area contributed by atoms with Gasteiger partial charge in [-0.25, -0.2) is 0 Å². The second kappa shape index (κ2) is 8.71. The van der Waals surface area contributed by atoms with Crippen LogP contribution in [0, 0.1) is 0 Å². The Hall–Kier alpha value is -0.650. The molecule has 0 aliphatic carbocycles. The van der Waals surface area contributed by atoms with Crippen LogP contribution in [-0.4, -0.2) is 71.7 Å². The van der Waals surface area contributed by atoms with Gasteiger partial charge in [-0.2, -0.15) is 0 Å². The molecular weight excluding hydrogens is 266 g/mol. The van der Waals surface area contributed by atoms with Crippen molar-refractivity contribution in [3.8, 4) is 0 Å². The predicted molar refractivity (Wildman–Crippen MR) is 86.7 cm³/mol. The number of nitrogens with zero attached hydrogens (tertiary/aromatic N) is 2. The van der Waals surface area contributed by atoms with E-state index >= 15 is 0 Å². The molecule has 0 bridgehead atoms. The third-order valence-corrected chi connectivity index (χ3v) is 4.77. The number of nitrogens with one attached hydrogen (secondary N) is 1. The fourth-order valence-corrected chi connectivity index (χ4v) is 3.37. The molecule has 1 aliphatic heterocycles. The van der Waals surface area contributed by atoms with Gasteiger partial charge < -0.3 is 15.3 Å². The molecule has 2 unspecified atom stereocenters. The van der Waals surface area contributed by atoms with Gasteiger partial charge in [0, 0.05) is 12.6 Å². The van der Waals surface area contributed by atoms with Crippen LogP contribution in [0.3, 0.4) is 0 Å². The van der Waals surface area contributed by atoms with E-state index in [4.69, 9.17) is 0 Å². The van der Waals surface area contributed by atoms with Crippen molar-refractivity contribution in [2.24, 2.45) is 0 Å². The molecule has 0 aromatic rings. The van der Waals surface area contributed by atoms with Gasteiger partial charge in [-0.05, 0) is 58.9 Å². The van der Waals surface area contributed by atoms with Crippen LogP contribution in [0.4, 0.5) is 0 Å². The smallest absolute Gasteiger partial charge is 0.323 e. The first kappa shape index (κ1) is 18.4. The Morgan fingerprint density at radius 3 is 2.57 bits per heavy atom. The normalized spacial score (nSPS) is 22.6. The molecular formula is C16H33N3O2. The first-order valence-corrected chi connectivity index (χ1v) is 8.41. The number of hydrogen-bond donors (Lipinski definition) is 2. The van der Waals surface area contributed by atoms with Crippen molar-refractivity contribution in [2.75, 3.05) is 39.3 Å². The molecule has 1 fully saturated rings. The summed E-state index contributed by atoms with van der Waals surface area (Å²) in [4.78, 5) is 16.4. The van der Waals surface area contributed by atoms with Crippen LogP contribution in [0.1, 0.15) is 47.0 Å². The lowest BCUT2D eigenvalue weighted by atomic mass is 9.96. The summed E-state index contributed by atoms with van der Waals surface area (Å²) in [6.45, 7) is 14.4. The van der Waals surface area contributed by atoms with Crippen molar-refractivity contribution in [2.45, 2.75) is 58.5 Å². The SMILES string of the molecule is CCNC(C)(CCCN1CCC(N(CC)CC)C1)C(=O)O. The fraction of sp³-hybridized carbons (Fsp3) is 0.938. The second-order valence-electron chi connectivity index (χ2n) is 6.24. The zero-order chi connectivity index (χ0) is 15.9. The minimum Gasteiger partial charge on any atom is -0.480 e. The molecule has 124 valence electrons. The van der Waals surface area contributed by atoms with Gasteiger partial charge >= 0.3 is 5.97 Å². The average Bonchev–Trinajstić information content (AvgIpc) is 2.89. The van der Waals surface area contributed by atoms with Crippen molar-refractivity contribution in [3.63, 3.8) is 0 Å². The molecule has 0 aromatic carbocycles. The summed E-state index contributed by atoms with van der Waals surface area (Å²) < 4.78 is 0. The number of likely N-dealkylation sites (N-methyl/N-ethyl adjacent to an activating group) is 2. The van der Waals surface area contributed by atoms with E-state index < -0.39 is 11.5 Å². The van der Waals surface area contributed by atoms with Gasteiger partial charge in [-0.3, -0.25) is 9.69 Å². The molecule has 21 heavy (non-hydrogen) atoms. The van der Waals surface area contributed by atoms with Crippen LogP contribution < -0.4 is 5.32 Å².